The summed E-state index contributed by atoms with van der Waals surface area (Å²) in [7, 11) is 0. The Labute approximate surface area is 141 Å². The molecule has 1 fully saturated rings. The molecule has 0 aliphatic carbocycles. The molecule has 3 heterocycles. The zero-order valence-electron chi connectivity index (χ0n) is 14.4. The molecule has 128 valence electrons. The highest BCUT2D eigenvalue weighted by molar-refractivity contribution is 5.89. The topological polar surface area (TPSA) is 72.3 Å². The number of morpholine rings is 1. The third-order valence-electron chi connectivity index (χ3n) is 4.18. The molecule has 1 N–H and O–H groups in total. The zero-order chi connectivity index (χ0) is 17.1. The number of nitrogens with zero attached hydrogens (tertiary/aromatic N) is 4. The number of hydrogen-bond donors (Lipinski definition) is 1. The first kappa shape index (κ1) is 16.4. The highest BCUT2D eigenvalue weighted by atomic mass is 16.5. The van der Waals surface area contributed by atoms with Crippen molar-refractivity contribution in [1.82, 2.24) is 14.5 Å². The first-order valence-corrected chi connectivity index (χ1v) is 8.13. The van der Waals surface area contributed by atoms with E-state index in [0.717, 1.165) is 36.0 Å². The van der Waals surface area contributed by atoms with Crippen LogP contribution in [0.5, 0.6) is 0 Å². The van der Waals surface area contributed by atoms with Crippen molar-refractivity contribution in [3.8, 4) is 0 Å². The van der Waals surface area contributed by atoms with Crippen molar-refractivity contribution in [2.45, 2.75) is 27.3 Å². The quantitative estimate of drug-likeness (QED) is 0.924. The molecule has 7 heteroatoms. The molecular formula is C17H23N5O2. The molecule has 1 amide bonds. The van der Waals surface area contributed by atoms with Crippen molar-refractivity contribution in [3.05, 3.63) is 35.4 Å². The molecule has 3 rings (SSSR count). The predicted molar refractivity (Wildman–Crippen MR) is 92.3 cm³/mol. The van der Waals surface area contributed by atoms with Crippen LogP contribution in [-0.4, -0.2) is 46.7 Å². The molecule has 2 aromatic heterocycles. The number of carbonyl (C=O) groups is 1. The van der Waals surface area contributed by atoms with E-state index < -0.39 is 0 Å². The lowest BCUT2D eigenvalue weighted by Gasteiger charge is -2.27. The Morgan fingerprint density at radius 1 is 1.25 bits per heavy atom. The minimum absolute atomic E-state index is 0.108. The largest absolute Gasteiger partial charge is 0.378 e. The predicted octanol–water partition coefficient (Wildman–Crippen LogP) is 1.68. The number of aromatic nitrogens is 3. The van der Waals surface area contributed by atoms with Gasteiger partial charge in [-0.05, 0) is 32.4 Å². The van der Waals surface area contributed by atoms with Gasteiger partial charge in [-0.1, -0.05) is 6.07 Å². The van der Waals surface area contributed by atoms with Gasteiger partial charge in [-0.15, -0.1) is 0 Å². The van der Waals surface area contributed by atoms with Gasteiger partial charge in [-0.3, -0.25) is 4.79 Å². The first-order valence-electron chi connectivity index (χ1n) is 8.13. The monoisotopic (exact) mass is 329 g/mol. The molecule has 0 unspecified atom stereocenters. The van der Waals surface area contributed by atoms with Crippen LogP contribution in [0.4, 0.5) is 11.6 Å². The smallest absolute Gasteiger partial charge is 0.245 e. The lowest BCUT2D eigenvalue weighted by atomic mass is 10.3. The number of hydrogen-bond acceptors (Lipinski definition) is 5. The Balaban J connectivity index is 1.71. The normalized spacial score (nSPS) is 14.7. The summed E-state index contributed by atoms with van der Waals surface area (Å²) < 4.78 is 7.33. The minimum Gasteiger partial charge on any atom is -0.378 e. The molecule has 0 bridgehead atoms. The second kappa shape index (κ2) is 7.00. The second-order valence-corrected chi connectivity index (χ2v) is 6.02. The summed E-state index contributed by atoms with van der Waals surface area (Å²) in [4.78, 5) is 23.4. The van der Waals surface area contributed by atoms with Gasteiger partial charge in [-0.2, -0.15) is 0 Å². The molecule has 1 aliphatic heterocycles. The van der Waals surface area contributed by atoms with Crippen molar-refractivity contribution in [2.75, 3.05) is 36.5 Å². The highest BCUT2D eigenvalue weighted by Crippen LogP contribution is 2.21. The Morgan fingerprint density at radius 3 is 2.67 bits per heavy atom. The van der Waals surface area contributed by atoms with Crippen molar-refractivity contribution in [2.24, 2.45) is 0 Å². The second-order valence-electron chi connectivity index (χ2n) is 6.02. The number of nitrogens with one attached hydrogen (secondary N) is 1. The van der Waals surface area contributed by atoms with Gasteiger partial charge in [0.15, 0.2) is 0 Å². The Hall–Kier alpha value is -2.41. The Bertz CT molecular complexity index is 717. The molecule has 0 atom stereocenters. The molecule has 0 radical (unpaired) electrons. The SMILES string of the molecule is Cc1ccc(NC(=O)Cn2c(C)nc(N3CCOCC3)c2C)nc1. The Kier molecular flexibility index (Phi) is 4.80. The lowest BCUT2D eigenvalue weighted by Crippen LogP contribution is -2.37. The van der Waals surface area contributed by atoms with Gasteiger partial charge in [-0.25, -0.2) is 9.97 Å². The van der Waals surface area contributed by atoms with Crippen LogP contribution in [-0.2, 0) is 16.1 Å². The van der Waals surface area contributed by atoms with Crippen molar-refractivity contribution >= 4 is 17.5 Å². The highest BCUT2D eigenvalue weighted by Gasteiger charge is 2.20. The number of aryl methyl sites for hydroxylation is 2. The summed E-state index contributed by atoms with van der Waals surface area (Å²) in [5.74, 6) is 2.23. The van der Waals surface area contributed by atoms with Gasteiger partial charge in [0, 0.05) is 19.3 Å². The van der Waals surface area contributed by atoms with E-state index in [1.54, 1.807) is 12.3 Å². The van der Waals surface area contributed by atoms with Crippen LogP contribution < -0.4 is 10.2 Å². The summed E-state index contributed by atoms with van der Waals surface area (Å²) in [5.41, 5.74) is 2.06. The lowest BCUT2D eigenvalue weighted by molar-refractivity contribution is -0.116. The van der Waals surface area contributed by atoms with Gasteiger partial charge < -0.3 is 19.5 Å². The Morgan fingerprint density at radius 2 is 2.00 bits per heavy atom. The van der Waals surface area contributed by atoms with E-state index in [1.807, 2.05) is 31.4 Å². The van der Waals surface area contributed by atoms with E-state index in [4.69, 9.17) is 4.74 Å². The van der Waals surface area contributed by atoms with Crippen LogP contribution >= 0.6 is 0 Å². The number of amides is 1. The standard InChI is InChI=1S/C17H23N5O2/c1-12-4-5-15(18-10-12)20-16(23)11-22-13(2)17(19-14(22)3)21-6-8-24-9-7-21/h4-5,10H,6-9,11H2,1-3H3,(H,18,20,23). The summed E-state index contributed by atoms with van der Waals surface area (Å²) in [6.45, 7) is 9.20. The van der Waals surface area contributed by atoms with E-state index in [1.165, 1.54) is 0 Å². The van der Waals surface area contributed by atoms with Gasteiger partial charge in [0.2, 0.25) is 5.91 Å². The summed E-state index contributed by atoms with van der Waals surface area (Å²) >= 11 is 0. The first-order chi connectivity index (χ1) is 11.5. The number of rotatable bonds is 4. The molecule has 0 saturated carbocycles. The number of pyridine rings is 1. The van der Waals surface area contributed by atoms with Gasteiger partial charge >= 0.3 is 0 Å². The van der Waals surface area contributed by atoms with Crippen LogP contribution in [0.25, 0.3) is 0 Å². The third kappa shape index (κ3) is 3.56. The van der Waals surface area contributed by atoms with Crippen LogP contribution in [0, 0.1) is 20.8 Å². The number of carbonyl (C=O) groups excluding carboxylic acids is 1. The van der Waals surface area contributed by atoms with Gasteiger partial charge in [0.05, 0.1) is 18.9 Å². The molecular weight excluding hydrogens is 306 g/mol. The molecule has 0 spiro atoms. The van der Waals surface area contributed by atoms with Crippen LogP contribution in [0.1, 0.15) is 17.1 Å². The molecule has 2 aromatic rings. The average Bonchev–Trinajstić information content (AvgIpc) is 2.86. The fourth-order valence-electron chi connectivity index (χ4n) is 2.83. The van der Waals surface area contributed by atoms with Crippen molar-refractivity contribution in [1.29, 1.82) is 0 Å². The van der Waals surface area contributed by atoms with Crippen LogP contribution in [0.15, 0.2) is 18.3 Å². The molecule has 0 aromatic carbocycles. The fraction of sp³-hybridized carbons (Fsp3) is 0.471. The minimum atomic E-state index is -0.108. The van der Waals surface area contributed by atoms with E-state index in [2.05, 4.69) is 20.2 Å². The van der Waals surface area contributed by atoms with Gasteiger partial charge in [0.1, 0.15) is 24.0 Å². The maximum absolute atomic E-state index is 12.3. The molecule has 1 saturated heterocycles. The molecule has 24 heavy (non-hydrogen) atoms. The van der Waals surface area contributed by atoms with E-state index in [0.29, 0.717) is 19.0 Å². The van der Waals surface area contributed by atoms with E-state index in [-0.39, 0.29) is 12.5 Å². The third-order valence-corrected chi connectivity index (χ3v) is 4.18. The van der Waals surface area contributed by atoms with E-state index in [9.17, 15) is 4.79 Å². The maximum atomic E-state index is 12.3. The fourth-order valence-corrected chi connectivity index (χ4v) is 2.83. The van der Waals surface area contributed by atoms with Gasteiger partial charge in [0.25, 0.3) is 0 Å². The van der Waals surface area contributed by atoms with Crippen LogP contribution in [0.2, 0.25) is 0 Å². The van der Waals surface area contributed by atoms with Crippen molar-refractivity contribution < 1.29 is 9.53 Å². The summed E-state index contributed by atoms with van der Waals surface area (Å²) in [5, 5.41) is 2.83. The maximum Gasteiger partial charge on any atom is 0.245 e. The van der Waals surface area contributed by atoms with Crippen molar-refractivity contribution in [3.63, 3.8) is 0 Å². The summed E-state index contributed by atoms with van der Waals surface area (Å²) in [6, 6.07) is 3.73. The van der Waals surface area contributed by atoms with E-state index >= 15 is 0 Å². The zero-order valence-corrected chi connectivity index (χ0v) is 14.4. The number of imidazole rings is 1. The molecule has 7 nitrogen and oxygen atoms in total. The number of anilines is 2. The summed E-state index contributed by atoms with van der Waals surface area (Å²) in [6.07, 6.45) is 1.74. The number of ether oxygens (including phenoxy) is 1. The average molecular weight is 329 g/mol. The molecule has 1 aliphatic rings. The van der Waals surface area contributed by atoms with Crippen LogP contribution in [0.3, 0.4) is 0 Å².